The quantitative estimate of drug-likeness (QED) is 0.631. The van der Waals surface area contributed by atoms with Gasteiger partial charge in [-0.05, 0) is 26.2 Å². The topological polar surface area (TPSA) is 63.7 Å². The molecule has 0 bridgehead atoms. The number of sulfone groups is 1. The molecule has 1 fully saturated rings. The van der Waals surface area contributed by atoms with Crippen LogP contribution in [0.4, 0.5) is 0 Å². The average Bonchev–Trinajstić information content (AvgIpc) is 2.71. The van der Waals surface area contributed by atoms with Crippen molar-refractivity contribution in [2.45, 2.75) is 45.6 Å². The van der Waals surface area contributed by atoms with Crippen molar-refractivity contribution in [3.63, 3.8) is 0 Å². The smallest absolute Gasteiger partial charge is 0.222 e. The Labute approximate surface area is 116 Å². The number of carbonyl (C=O) groups is 1. The monoisotopic (exact) mass is 291 g/mol. The fourth-order valence-electron chi connectivity index (χ4n) is 2.39. The maximum Gasteiger partial charge on any atom is 0.222 e. The van der Waals surface area contributed by atoms with Gasteiger partial charge in [0.05, 0.1) is 11.5 Å². The zero-order valence-corrected chi connectivity index (χ0v) is 12.7. The molecule has 0 N–H and O–H groups in total. The largest absolute Gasteiger partial charge is 0.382 e. The van der Waals surface area contributed by atoms with E-state index in [9.17, 15) is 13.2 Å². The minimum atomic E-state index is -2.94. The van der Waals surface area contributed by atoms with E-state index in [0.29, 0.717) is 39.0 Å². The van der Waals surface area contributed by atoms with Crippen LogP contribution in [0.15, 0.2) is 0 Å². The standard InChI is InChI=1S/C13H25NO4S/c1-3-8-14(12-7-10-19(16,17)11-12)13(15)6-5-9-18-4-2/h12H,3-11H2,1-2H3. The second kappa shape index (κ2) is 7.85. The molecular weight excluding hydrogens is 266 g/mol. The second-order valence-electron chi connectivity index (χ2n) is 4.94. The predicted molar refractivity (Wildman–Crippen MR) is 74.8 cm³/mol. The first-order chi connectivity index (χ1) is 9.00. The molecule has 1 amide bonds. The molecule has 0 saturated carbocycles. The lowest BCUT2D eigenvalue weighted by molar-refractivity contribution is -0.133. The molecule has 6 heteroatoms. The van der Waals surface area contributed by atoms with E-state index in [-0.39, 0.29) is 23.5 Å². The van der Waals surface area contributed by atoms with Gasteiger partial charge in [-0.15, -0.1) is 0 Å². The van der Waals surface area contributed by atoms with Crippen LogP contribution in [0.1, 0.15) is 39.5 Å². The molecule has 0 spiro atoms. The number of hydrogen-bond donors (Lipinski definition) is 0. The summed E-state index contributed by atoms with van der Waals surface area (Å²) >= 11 is 0. The summed E-state index contributed by atoms with van der Waals surface area (Å²) in [6, 6.07) is -0.121. The van der Waals surface area contributed by atoms with Crippen LogP contribution in [-0.4, -0.2) is 56.5 Å². The highest BCUT2D eigenvalue weighted by atomic mass is 32.2. The summed E-state index contributed by atoms with van der Waals surface area (Å²) in [5.74, 6) is 0.401. The summed E-state index contributed by atoms with van der Waals surface area (Å²) in [6.07, 6.45) is 2.58. The summed E-state index contributed by atoms with van der Waals surface area (Å²) in [5, 5.41) is 0. The Balaban J connectivity index is 2.49. The third-order valence-electron chi connectivity index (χ3n) is 3.32. The average molecular weight is 291 g/mol. The summed E-state index contributed by atoms with van der Waals surface area (Å²) in [4.78, 5) is 13.9. The molecule has 1 aliphatic rings. The Morgan fingerprint density at radius 3 is 2.63 bits per heavy atom. The van der Waals surface area contributed by atoms with E-state index in [4.69, 9.17) is 4.74 Å². The molecule has 1 saturated heterocycles. The maximum atomic E-state index is 12.2. The number of rotatable bonds is 8. The minimum Gasteiger partial charge on any atom is -0.382 e. The van der Waals surface area contributed by atoms with Gasteiger partial charge in [0.1, 0.15) is 0 Å². The number of hydrogen-bond acceptors (Lipinski definition) is 4. The van der Waals surface area contributed by atoms with Crippen LogP contribution in [0.5, 0.6) is 0 Å². The Kier molecular flexibility index (Phi) is 6.79. The van der Waals surface area contributed by atoms with Crippen LogP contribution < -0.4 is 0 Å². The van der Waals surface area contributed by atoms with E-state index >= 15 is 0 Å². The van der Waals surface area contributed by atoms with E-state index in [2.05, 4.69) is 0 Å². The van der Waals surface area contributed by atoms with Crippen molar-refractivity contribution in [1.82, 2.24) is 4.90 Å². The number of ether oxygens (including phenoxy) is 1. The van der Waals surface area contributed by atoms with Gasteiger partial charge in [0.2, 0.25) is 5.91 Å². The Morgan fingerprint density at radius 1 is 1.37 bits per heavy atom. The molecule has 1 aliphatic heterocycles. The van der Waals surface area contributed by atoms with Gasteiger partial charge in [-0.25, -0.2) is 8.42 Å². The van der Waals surface area contributed by atoms with Gasteiger partial charge in [-0.2, -0.15) is 0 Å². The molecule has 0 aromatic carbocycles. The van der Waals surface area contributed by atoms with Gasteiger partial charge < -0.3 is 9.64 Å². The summed E-state index contributed by atoms with van der Waals surface area (Å²) in [6.45, 7) is 5.82. The summed E-state index contributed by atoms with van der Waals surface area (Å²) < 4.78 is 28.2. The van der Waals surface area contributed by atoms with Crippen LogP contribution >= 0.6 is 0 Å². The van der Waals surface area contributed by atoms with Crippen LogP contribution in [-0.2, 0) is 19.4 Å². The lowest BCUT2D eigenvalue weighted by atomic mass is 10.2. The van der Waals surface area contributed by atoms with Crippen molar-refractivity contribution >= 4 is 15.7 Å². The highest BCUT2D eigenvalue weighted by molar-refractivity contribution is 7.91. The first-order valence-corrected chi connectivity index (χ1v) is 8.90. The summed E-state index contributed by atoms with van der Waals surface area (Å²) in [7, 11) is -2.94. The number of amides is 1. The van der Waals surface area contributed by atoms with E-state index in [1.54, 1.807) is 4.90 Å². The Morgan fingerprint density at radius 2 is 2.11 bits per heavy atom. The molecule has 112 valence electrons. The first-order valence-electron chi connectivity index (χ1n) is 7.07. The molecule has 1 unspecified atom stereocenters. The van der Waals surface area contributed by atoms with E-state index in [1.807, 2.05) is 13.8 Å². The summed E-state index contributed by atoms with van der Waals surface area (Å²) in [5.41, 5.74) is 0. The lowest BCUT2D eigenvalue weighted by Gasteiger charge is -2.28. The molecule has 0 aromatic heterocycles. The Bertz CT molecular complexity index is 380. The van der Waals surface area contributed by atoms with Crippen molar-refractivity contribution in [2.75, 3.05) is 31.3 Å². The van der Waals surface area contributed by atoms with Crippen molar-refractivity contribution in [3.05, 3.63) is 0 Å². The lowest BCUT2D eigenvalue weighted by Crippen LogP contribution is -2.41. The Hall–Kier alpha value is -0.620. The first kappa shape index (κ1) is 16.4. The van der Waals surface area contributed by atoms with Gasteiger partial charge in [0, 0.05) is 32.2 Å². The molecule has 0 aliphatic carbocycles. The fourth-order valence-corrected chi connectivity index (χ4v) is 4.12. The third-order valence-corrected chi connectivity index (χ3v) is 5.07. The molecule has 5 nitrogen and oxygen atoms in total. The van der Waals surface area contributed by atoms with Crippen molar-refractivity contribution < 1.29 is 17.9 Å². The molecule has 1 heterocycles. The van der Waals surface area contributed by atoms with Crippen LogP contribution in [0.2, 0.25) is 0 Å². The normalized spacial score (nSPS) is 21.5. The highest BCUT2D eigenvalue weighted by Crippen LogP contribution is 2.19. The van der Waals surface area contributed by atoms with E-state index in [0.717, 1.165) is 6.42 Å². The zero-order chi connectivity index (χ0) is 14.3. The van der Waals surface area contributed by atoms with Gasteiger partial charge >= 0.3 is 0 Å². The predicted octanol–water partition coefficient (Wildman–Crippen LogP) is 1.23. The molecule has 1 rings (SSSR count). The molecule has 0 radical (unpaired) electrons. The van der Waals surface area contributed by atoms with Gasteiger partial charge in [-0.1, -0.05) is 6.92 Å². The minimum absolute atomic E-state index is 0.0589. The van der Waals surface area contributed by atoms with Gasteiger partial charge in [0.25, 0.3) is 0 Å². The SMILES string of the molecule is CCCN(C(=O)CCCOCC)C1CCS(=O)(=O)C1. The molecule has 0 aromatic rings. The van der Waals surface area contributed by atoms with E-state index in [1.165, 1.54) is 0 Å². The van der Waals surface area contributed by atoms with Crippen LogP contribution in [0.25, 0.3) is 0 Å². The molecule has 1 atom stereocenters. The van der Waals surface area contributed by atoms with Gasteiger partial charge in [-0.3, -0.25) is 4.79 Å². The molecular formula is C13H25NO4S. The second-order valence-corrected chi connectivity index (χ2v) is 7.17. The highest BCUT2D eigenvalue weighted by Gasteiger charge is 2.33. The van der Waals surface area contributed by atoms with Gasteiger partial charge in [0.15, 0.2) is 9.84 Å². The van der Waals surface area contributed by atoms with Crippen LogP contribution in [0.3, 0.4) is 0 Å². The fraction of sp³-hybridized carbons (Fsp3) is 0.923. The molecule has 19 heavy (non-hydrogen) atoms. The zero-order valence-electron chi connectivity index (χ0n) is 11.9. The van der Waals surface area contributed by atoms with E-state index < -0.39 is 9.84 Å². The van der Waals surface area contributed by atoms with Crippen molar-refractivity contribution in [1.29, 1.82) is 0 Å². The third kappa shape index (κ3) is 5.48. The van der Waals surface area contributed by atoms with Crippen molar-refractivity contribution in [2.24, 2.45) is 0 Å². The number of carbonyl (C=O) groups excluding carboxylic acids is 1. The van der Waals surface area contributed by atoms with Crippen molar-refractivity contribution in [3.8, 4) is 0 Å². The maximum absolute atomic E-state index is 12.2. The van der Waals surface area contributed by atoms with Crippen LogP contribution in [0, 0.1) is 0 Å². The number of nitrogens with zero attached hydrogens (tertiary/aromatic N) is 1.